The Morgan fingerprint density at radius 3 is 2.19 bits per heavy atom. The van der Waals surface area contributed by atoms with Gasteiger partial charge in [0, 0.05) is 0 Å². The van der Waals surface area contributed by atoms with Gasteiger partial charge < -0.3 is 5.32 Å². The first-order chi connectivity index (χ1) is 9.95. The zero-order chi connectivity index (χ0) is 15.5. The van der Waals surface area contributed by atoms with Crippen LogP contribution in [0.2, 0.25) is 0 Å². The lowest BCUT2D eigenvalue weighted by molar-refractivity contribution is -0.137. The molecule has 1 N–H and O–H groups in total. The van der Waals surface area contributed by atoms with Gasteiger partial charge in [-0.15, -0.1) is 0 Å². The zero-order valence-electron chi connectivity index (χ0n) is 12.0. The third kappa shape index (κ3) is 3.64. The highest BCUT2D eigenvalue weighted by molar-refractivity contribution is 5.36. The largest absolute Gasteiger partial charge is 0.416 e. The minimum Gasteiger partial charge on any atom is -0.309 e. The van der Waals surface area contributed by atoms with Crippen molar-refractivity contribution >= 4 is 0 Å². The lowest BCUT2D eigenvalue weighted by Gasteiger charge is -2.19. The monoisotopic (exact) mass is 293 g/mol. The fourth-order valence-electron chi connectivity index (χ4n) is 2.37. The Bertz CT molecular complexity index is 588. The van der Waals surface area contributed by atoms with E-state index in [1.54, 1.807) is 13.1 Å². The number of rotatable bonds is 4. The van der Waals surface area contributed by atoms with Crippen LogP contribution in [0.4, 0.5) is 13.2 Å². The van der Waals surface area contributed by atoms with Gasteiger partial charge in [0.15, 0.2) is 0 Å². The van der Waals surface area contributed by atoms with E-state index in [9.17, 15) is 13.2 Å². The molecule has 0 saturated carbocycles. The molecule has 0 bridgehead atoms. The summed E-state index contributed by atoms with van der Waals surface area (Å²) in [6.07, 6.45) is -3.38. The minimum absolute atomic E-state index is 0.252. The van der Waals surface area contributed by atoms with Gasteiger partial charge in [-0.05, 0) is 42.3 Å². The van der Waals surface area contributed by atoms with Gasteiger partial charge in [-0.1, -0.05) is 43.3 Å². The molecule has 4 heteroatoms. The summed E-state index contributed by atoms with van der Waals surface area (Å²) in [4.78, 5) is 0. The Morgan fingerprint density at radius 2 is 1.67 bits per heavy atom. The molecule has 0 saturated heterocycles. The van der Waals surface area contributed by atoms with E-state index in [-0.39, 0.29) is 6.04 Å². The molecule has 0 heterocycles. The SMILES string of the molecule is CCc1ccc(C(NC)c2cccc(C(F)(F)F)c2)cc1. The molecule has 0 amide bonds. The fraction of sp³-hybridized carbons (Fsp3) is 0.294. The van der Waals surface area contributed by atoms with Crippen molar-refractivity contribution in [3.8, 4) is 0 Å². The smallest absolute Gasteiger partial charge is 0.309 e. The van der Waals surface area contributed by atoms with Crippen LogP contribution in [0.25, 0.3) is 0 Å². The fourth-order valence-corrected chi connectivity index (χ4v) is 2.37. The summed E-state index contributed by atoms with van der Waals surface area (Å²) in [6.45, 7) is 2.07. The van der Waals surface area contributed by atoms with Crippen LogP contribution in [0.1, 0.15) is 35.2 Å². The Labute approximate surface area is 122 Å². The molecule has 0 spiro atoms. The highest BCUT2D eigenvalue weighted by Crippen LogP contribution is 2.32. The normalized spacial score (nSPS) is 13.2. The number of benzene rings is 2. The Morgan fingerprint density at radius 1 is 1.00 bits per heavy atom. The highest BCUT2D eigenvalue weighted by atomic mass is 19.4. The van der Waals surface area contributed by atoms with Crippen LogP contribution in [0.3, 0.4) is 0 Å². The molecule has 0 aromatic heterocycles. The molecule has 112 valence electrons. The summed E-state index contributed by atoms with van der Waals surface area (Å²) in [5.74, 6) is 0. The van der Waals surface area contributed by atoms with Crippen LogP contribution < -0.4 is 5.32 Å². The quantitative estimate of drug-likeness (QED) is 0.870. The van der Waals surface area contributed by atoms with Crippen molar-refractivity contribution in [2.24, 2.45) is 0 Å². The second-order valence-corrected chi connectivity index (χ2v) is 4.94. The average molecular weight is 293 g/mol. The summed E-state index contributed by atoms with van der Waals surface area (Å²) in [7, 11) is 1.75. The van der Waals surface area contributed by atoms with Gasteiger partial charge in [0.05, 0.1) is 11.6 Å². The number of nitrogens with one attached hydrogen (secondary N) is 1. The van der Waals surface area contributed by atoms with Crippen molar-refractivity contribution in [1.82, 2.24) is 5.32 Å². The van der Waals surface area contributed by atoms with Gasteiger partial charge >= 0.3 is 6.18 Å². The van der Waals surface area contributed by atoms with E-state index in [2.05, 4.69) is 12.2 Å². The topological polar surface area (TPSA) is 12.0 Å². The maximum absolute atomic E-state index is 12.8. The Hall–Kier alpha value is -1.81. The second kappa shape index (κ2) is 6.31. The predicted molar refractivity (Wildman–Crippen MR) is 78.2 cm³/mol. The molecule has 2 rings (SSSR count). The molecular weight excluding hydrogens is 275 g/mol. The van der Waals surface area contributed by atoms with Gasteiger partial charge in [-0.2, -0.15) is 13.2 Å². The molecule has 1 unspecified atom stereocenters. The maximum atomic E-state index is 12.8. The van der Waals surface area contributed by atoms with Gasteiger partial charge in [-0.3, -0.25) is 0 Å². The molecule has 2 aromatic carbocycles. The van der Waals surface area contributed by atoms with E-state index in [0.717, 1.165) is 18.1 Å². The van der Waals surface area contributed by atoms with Crippen molar-refractivity contribution < 1.29 is 13.2 Å². The Kier molecular flexibility index (Phi) is 4.68. The van der Waals surface area contributed by atoms with Crippen LogP contribution in [0.5, 0.6) is 0 Å². The first-order valence-corrected chi connectivity index (χ1v) is 6.89. The average Bonchev–Trinajstić information content (AvgIpc) is 2.48. The minimum atomic E-state index is -4.32. The van der Waals surface area contributed by atoms with Crippen molar-refractivity contribution in [2.75, 3.05) is 7.05 Å². The van der Waals surface area contributed by atoms with Gasteiger partial charge in [0.1, 0.15) is 0 Å². The summed E-state index contributed by atoms with van der Waals surface area (Å²) >= 11 is 0. The first kappa shape index (κ1) is 15.6. The van der Waals surface area contributed by atoms with Crippen molar-refractivity contribution in [3.63, 3.8) is 0 Å². The number of alkyl halides is 3. The lowest BCUT2D eigenvalue weighted by atomic mass is 9.96. The van der Waals surface area contributed by atoms with Gasteiger partial charge in [0.2, 0.25) is 0 Å². The van der Waals surface area contributed by atoms with Crippen molar-refractivity contribution in [3.05, 3.63) is 70.8 Å². The molecule has 1 nitrogen and oxygen atoms in total. The molecule has 21 heavy (non-hydrogen) atoms. The molecule has 0 aliphatic heterocycles. The molecule has 1 atom stereocenters. The summed E-state index contributed by atoms with van der Waals surface area (Å²) in [5, 5.41) is 3.08. The molecular formula is C17H18F3N. The molecule has 0 aliphatic carbocycles. The Balaban J connectivity index is 2.36. The van der Waals surface area contributed by atoms with E-state index in [1.807, 2.05) is 24.3 Å². The van der Waals surface area contributed by atoms with Gasteiger partial charge in [0.25, 0.3) is 0 Å². The van der Waals surface area contributed by atoms with Crippen LogP contribution in [-0.2, 0) is 12.6 Å². The number of aryl methyl sites for hydroxylation is 1. The van der Waals surface area contributed by atoms with Crippen molar-refractivity contribution in [1.29, 1.82) is 0 Å². The van der Waals surface area contributed by atoms with Crippen LogP contribution in [0, 0.1) is 0 Å². The first-order valence-electron chi connectivity index (χ1n) is 6.89. The predicted octanol–water partition coefficient (Wildman–Crippen LogP) is 4.58. The third-order valence-corrected chi connectivity index (χ3v) is 3.56. The number of hydrogen-bond acceptors (Lipinski definition) is 1. The highest BCUT2D eigenvalue weighted by Gasteiger charge is 2.31. The maximum Gasteiger partial charge on any atom is 0.416 e. The van der Waals surface area contributed by atoms with E-state index >= 15 is 0 Å². The van der Waals surface area contributed by atoms with E-state index < -0.39 is 11.7 Å². The standard InChI is InChI=1S/C17H18F3N/c1-3-12-7-9-13(10-8-12)16(21-2)14-5-4-6-15(11-14)17(18,19)20/h4-11,16,21H,3H2,1-2H3. The summed E-state index contributed by atoms with van der Waals surface area (Å²) in [5.41, 5.74) is 2.15. The molecule has 0 aliphatic rings. The lowest BCUT2D eigenvalue weighted by Crippen LogP contribution is -2.18. The summed E-state index contributed by atoms with van der Waals surface area (Å²) in [6, 6.07) is 13.1. The molecule has 0 radical (unpaired) electrons. The van der Waals surface area contributed by atoms with Gasteiger partial charge in [-0.25, -0.2) is 0 Å². The summed E-state index contributed by atoms with van der Waals surface area (Å²) < 4.78 is 38.4. The van der Waals surface area contributed by atoms with Crippen LogP contribution >= 0.6 is 0 Å². The second-order valence-electron chi connectivity index (χ2n) is 4.94. The van der Waals surface area contributed by atoms with Crippen LogP contribution in [0.15, 0.2) is 48.5 Å². The van der Waals surface area contributed by atoms with Crippen LogP contribution in [-0.4, -0.2) is 7.05 Å². The van der Waals surface area contributed by atoms with E-state index in [0.29, 0.717) is 5.56 Å². The van der Waals surface area contributed by atoms with E-state index in [1.165, 1.54) is 17.7 Å². The zero-order valence-corrected chi connectivity index (χ0v) is 12.0. The third-order valence-electron chi connectivity index (χ3n) is 3.56. The van der Waals surface area contributed by atoms with Crippen molar-refractivity contribution in [2.45, 2.75) is 25.6 Å². The number of halogens is 3. The van der Waals surface area contributed by atoms with E-state index in [4.69, 9.17) is 0 Å². The number of hydrogen-bond donors (Lipinski definition) is 1. The molecule has 0 fully saturated rings. The molecule has 2 aromatic rings.